The lowest BCUT2D eigenvalue weighted by atomic mass is 10.1. The molecule has 2 N–H and O–H groups in total. The summed E-state index contributed by atoms with van der Waals surface area (Å²) in [7, 11) is 0. The fourth-order valence-electron chi connectivity index (χ4n) is 2.29. The Balaban J connectivity index is 2.10. The Kier molecular flexibility index (Phi) is 2.75. The number of aromatic nitrogens is 2. The maximum atomic E-state index is 13.7. The Labute approximate surface area is 114 Å². The first-order valence-corrected chi connectivity index (χ1v) is 6.08. The highest BCUT2D eigenvalue weighted by molar-refractivity contribution is 5.97. The molecular formula is C14H11FN4O. The predicted octanol–water partition coefficient (Wildman–Crippen LogP) is 1.34. The van der Waals surface area contributed by atoms with Crippen LogP contribution in [0.5, 0.6) is 0 Å². The summed E-state index contributed by atoms with van der Waals surface area (Å²) in [4.78, 5) is 21.5. The van der Waals surface area contributed by atoms with Gasteiger partial charge in [-0.05, 0) is 12.1 Å². The lowest BCUT2D eigenvalue weighted by molar-refractivity contribution is -0.117. The lowest BCUT2D eigenvalue weighted by Gasteiger charge is -2.15. The zero-order valence-electron chi connectivity index (χ0n) is 10.5. The number of anilines is 2. The number of nitrogens with zero attached hydrogens (tertiary/aromatic N) is 3. The monoisotopic (exact) mass is 270 g/mol. The molecule has 20 heavy (non-hydrogen) atoms. The molecule has 100 valence electrons. The highest BCUT2D eigenvalue weighted by Crippen LogP contribution is 2.27. The Morgan fingerprint density at radius 2 is 2.25 bits per heavy atom. The zero-order valence-corrected chi connectivity index (χ0v) is 10.5. The van der Waals surface area contributed by atoms with Gasteiger partial charge in [-0.15, -0.1) is 12.3 Å². The first-order valence-electron chi connectivity index (χ1n) is 6.08. The molecule has 3 rings (SSSR count). The second-order valence-electron chi connectivity index (χ2n) is 4.61. The summed E-state index contributed by atoms with van der Waals surface area (Å²) >= 11 is 0. The van der Waals surface area contributed by atoms with Crippen molar-refractivity contribution in [3.05, 3.63) is 24.0 Å². The summed E-state index contributed by atoms with van der Waals surface area (Å²) < 4.78 is 13.7. The predicted molar refractivity (Wildman–Crippen MR) is 73.2 cm³/mol. The van der Waals surface area contributed by atoms with E-state index in [4.69, 9.17) is 12.2 Å². The van der Waals surface area contributed by atoms with Gasteiger partial charge in [-0.25, -0.2) is 9.37 Å². The Morgan fingerprint density at radius 1 is 1.45 bits per heavy atom. The molecule has 0 saturated carbocycles. The van der Waals surface area contributed by atoms with Crippen LogP contribution in [0.1, 0.15) is 6.42 Å². The number of fused-ring (bicyclic) bond motifs is 1. The van der Waals surface area contributed by atoms with Crippen molar-refractivity contribution in [1.82, 2.24) is 9.97 Å². The topological polar surface area (TPSA) is 72.1 Å². The average Bonchev–Trinajstić information content (AvgIpc) is 2.79. The molecule has 0 radical (unpaired) electrons. The number of halogens is 1. The smallest absolute Gasteiger partial charge is 0.234 e. The minimum atomic E-state index is -0.485. The van der Waals surface area contributed by atoms with Gasteiger partial charge in [0.2, 0.25) is 11.9 Å². The molecule has 1 unspecified atom stereocenters. The molecule has 1 saturated heterocycles. The van der Waals surface area contributed by atoms with Gasteiger partial charge in [-0.1, -0.05) is 6.07 Å². The van der Waals surface area contributed by atoms with Gasteiger partial charge in [-0.3, -0.25) is 9.69 Å². The van der Waals surface area contributed by atoms with E-state index in [2.05, 4.69) is 15.9 Å². The molecule has 1 aliphatic heterocycles. The third-order valence-electron chi connectivity index (χ3n) is 3.29. The number of hydrogen-bond acceptors (Lipinski definition) is 4. The van der Waals surface area contributed by atoms with Crippen LogP contribution in [0.2, 0.25) is 0 Å². The van der Waals surface area contributed by atoms with Crippen molar-refractivity contribution in [2.24, 2.45) is 5.92 Å². The van der Waals surface area contributed by atoms with Gasteiger partial charge < -0.3 is 5.73 Å². The number of hydrogen-bond donors (Lipinski definition) is 1. The molecule has 1 aliphatic rings. The van der Waals surface area contributed by atoms with E-state index in [0.29, 0.717) is 12.1 Å². The van der Waals surface area contributed by atoms with Crippen LogP contribution < -0.4 is 10.6 Å². The second kappa shape index (κ2) is 4.46. The molecule has 1 aromatic carbocycles. The lowest BCUT2D eigenvalue weighted by Crippen LogP contribution is -2.27. The zero-order chi connectivity index (χ0) is 14.3. The maximum absolute atomic E-state index is 13.7. The normalized spacial score (nSPS) is 18.5. The highest BCUT2D eigenvalue weighted by Gasteiger charge is 2.31. The van der Waals surface area contributed by atoms with E-state index in [9.17, 15) is 9.18 Å². The fourth-order valence-corrected chi connectivity index (χ4v) is 2.29. The average molecular weight is 270 g/mol. The van der Waals surface area contributed by atoms with Crippen molar-refractivity contribution in [2.75, 3.05) is 17.2 Å². The molecule has 2 heterocycles. The van der Waals surface area contributed by atoms with E-state index in [1.165, 1.54) is 17.0 Å². The molecule has 1 fully saturated rings. The summed E-state index contributed by atoms with van der Waals surface area (Å²) in [6, 6.07) is 4.44. The molecule has 6 heteroatoms. The summed E-state index contributed by atoms with van der Waals surface area (Å²) in [5, 5.41) is 0.163. The quantitative estimate of drug-likeness (QED) is 0.794. The van der Waals surface area contributed by atoms with Gasteiger partial charge in [0, 0.05) is 18.9 Å². The van der Waals surface area contributed by atoms with Gasteiger partial charge in [-0.2, -0.15) is 4.98 Å². The Bertz CT molecular complexity index is 753. The molecule has 1 atom stereocenters. The minimum Gasteiger partial charge on any atom is -0.383 e. The van der Waals surface area contributed by atoms with Gasteiger partial charge in [0.15, 0.2) is 0 Å². The number of terminal acetylenes is 1. The van der Waals surface area contributed by atoms with E-state index in [1.807, 2.05) is 0 Å². The molecule has 0 aliphatic carbocycles. The summed E-state index contributed by atoms with van der Waals surface area (Å²) in [6.07, 6.45) is 5.60. The first kappa shape index (κ1) is 12.4. The van der Waals surface area contributed by atoms with Crippen LogP contribution in [-0.4, -0.2) is 22.4 Å². The number of amides is 1. The van der Waals surface area contributed by atoms with Crippen LogP contribution in [0.4, 0.5) is 16.2 Å². The van der Waals surface area contributed by atoms with E-state index in [0.717, 1.165) is 0 Å². The SMILES string of the molecule is C#CC1CC(=O)N(c2nc(N)c3c(F)cccc3n2)C1. The van der Waals surface area contributed by atoms with E-state index >= 15 is 0 Å². The van der Waals surface area contributed by atoms with Crippen molar-refractivity contribution < 1.29 is 9.18 Å². The van der Waals surface area contributed by atoms with Crippen LogP contribution in [0, 0.1) is 24.1 Å². The van der Waals surface area contributed by atoms with Crippen LogP contribution in [-0.2, 0) is 4.79 Å². The molecule has 2 aromatic rings. The Morgan fingerprint density at radius 3 is 2.95 bits per heavy atom. The maximum Gasteiger partial charge on any atom is 0.234 e. The molecular weight excluding hydrogens is 259 g/mol. The third-order valence-corrected chi connectivity index (χ3v) is 3.29. The van der Waals surface area contributed by atoms with E-state index in [1.54, 1.807) is 6.07 Å². The second-order valence-corrected chi connectivity index (χ2v) is 4.61. The number of benzene rings is 1. The standard InChI is InChI=1S/C14H11FN4O/c1-2-8-6-11(20)19(7-8)14-17-10-5-3-4-9(15)12(10)13(16)18-14/h1,3-5,8H,6-7H2,(H2,16,17,18). The summed E-state index contributed by atoms with van der Waals surface area (Å²) in [5.41, 5.74) is 6.13. The number of carbonyl (C=O) groups is 1. The van der Waals surface area contributed by atoms with Crippen molar-refractivity contribution in [1.29, 1.82) is 0 Å². The Hall–Kier alpha value is -2.68. The van der Waals surface area contributed by atoms with Crippen LogP contribution in [0.15, 0.2) is 18.2 Å². The van der Waals surface area contributed by atoms with Gasteiger partial charge in [0.25, 0.3) is 0 Å². The van der Waals surface area contributed by atoms with Gasteiger partial charge in [0.1, 0.15) is 11.6 Å². The van der Waals surface area contributed by atoms with Crippen LogP contribution >= 0.6 is 0 Å². The van der Waals surface area contributed by atoms with Crippen LogP contribution in [0.25, 0.3) is 10.9 Å². The minimum absolute atomic E-state index is 0.0139. The van der Waals surface area contributed by atoms with E-state index in [-0.39, 0.29) is 35.4 Å². The number of rotatable bonds is 1. The highest BCUT2D eigenvalue weighted by atomic mass is 19.1. The van der Waals surface area contributed by atoms with Crippen molar-refractivity contribution in [3.8, 4) is 12.3 Å². The molecule has 1 amide bonds. The molecule has 1 aromatic heterocycles. The van der Waals surface area contributed by atoms with Crippen molar-refractivity contribution in [2.45, 2.75) is 6.42 Å². The van der Waals surface area contributed by atoms with Crippen molar-refractivity contribution >= 4 is 28.6 Å². The molecule has 5 nitrogen and oxygen atoms in total. The number of carbonyl (C=O) groups excluding carboxylic acids is 1. The number of nitrogen functional groups attached to an aromatic ring is 1. The summed E-state index contributed by atoms with van der Waals surface area (Å²) in [6.45, 7) is 0.357. The third kappa shape index (κ3) is 1.84. The first-order chi connectivity index (χ1) is 9.60. The number of nitrogens with two attached hydrogens (primary N) is 1. The van der Waals surface area contributed by atoms with Crippen LogP contribution in [0.3, 0.4) is 0 Å². The van der Waals surface area contributed by atoms with Gasteiger partial charge >= 0.3 is 0 Å². The molecule has 0 spiro atoms. The van der Waals surface area contributed by atoms with E-state index < -0.39 is 5.82 Å². The van der Waals surface area contributed by atoms with Gasteiger partial charge in [0.05, 0.1) is 10.9 Å². The summed E-state index contributed by atoms with van der Waals surface area (Å²) in [5.74, 6) is 1.94. The largest absolute Gasteiger partial charge is 0.383 e. The molecule has 0 bridgehead atoms. The fraction of sp³-hybridized carbons (Fsp3) is 0.214. The van der Waals surface area contributed by atoms with Crippen molar-refractivity contribution in [3.63, 3.8) is 0 Å².